The summed E-state index contributed by atoms with van der Waals surface area (Å²) in [6.07, 6.45) is 0.702. The molecule has 3 rings (SSSR count). The number of carbonyl (C=O) groups is 1. The lowest BCUT2D eigenvalue weighted by Gasteiger charge is -2.12. The Hall–Kier alpha value is -1.78. The average molecular weight is 306 g/mol. The van der Waals surface area contributed by atoms with Crippen molar-refractivity contribution in [3.63, 3.8) is 0 Å². The van der Waals surface area contributed by atoms with E-state index in [1.807, 2.05) is 36.4 Å². The largest absolute Gasteiger partial charge is 0.481 e. The minimum Gasteiger partial charge on any atom is -0.481 e. The maximum Gasteiger partial charge on any atom is 0.307 e. The summed E-state index contributed by atoms with van der Waals surface area (Å²) in [5, 5.41) is 9.67. The van der Waals surface area contributed by atoms with Crippen LogP contribution in [0.25, 0.3) is 11.3 Å². The summed E-state index contributed by atoms with van der Waals surface area (Å²) in [7, 11) is 0. The van der Waals surface area contributed by atoms with Gasteiger partial charge in [-0.2, -0.15) is 0 Å². The summed E-state index contributed by atoms with van der Waals surface area (Å²) in [4.78, 5) is 13.1. The summed E-state index contributed by atoms with van der Waals surface area (Å²) in [5.41, 5.74) is 0.871. The molecule has 110 valence electrons. The minimum absolute atomic E-state index is 0.261. The topological polar surface area (TPSA) is 53.7 Å². The molecule has 0 saturated carbocycles. The summed E-state index contributed by atoms with van der Waals surface area (Å²) in [6, 6.07) is 11.4. The van der Waals surface area contributed by atoms with E-state index in [0.717, 1.165) is 23.6 Å². The predicted molar refractivity (Wildman–Crippen MR) is 80.2 cm³/mol. The molecule has 2 aromatic rings. The van der Waals surface area contributed by atoms with E-state index < -0.39 is 5.97 Å². The molecule has 2 heterocycles. The SMILES string of the molecule is O=C(O)C1CCN(Cc2ccc(-c3ccccc3Cl)o2)C1. The number of furan rings is 1. The smallest absolute Gasteiger partial charge is 0.307 e. The molecule has 1 atom stereocenters. The highest BCUT2D eigenvalue weighted by Crippen LogP contribution is 2.30. The average Bonchev–Trinajstić information content (AvgIpc) is 3.09. The number of halogens is 1. The lowest BCUT2D eigenvalue weighted by Crippen LogP contribution is -2.22. The predicted octanol–water partition coefficient (Wildman–Crippen LogP) is 3.51. The van der Waals surface area contributed by atoms with E-state index in [1.54, 1.807) is 0 Å². The van der Waals surface area contributed by atoms with Gasteiger partial charge in [0.05, 0.1) is 17.5 Å². The molecule has 1 aliphatic heterocycles. The van der Waals surface area contributed by atoms with Gasteiger partial charge in [0.2, 0.25) is 0 Å². The molecule has 4 nitrogen and oxygen atoms in total. The standard InChI is InChI=1S/C16H16ClNO3/c17-14-4-2-1-3-13(14)15-6-5-12(21-15)10-18-8-7-11(9-18)16(19)20/h1-6,11H,7-10H2,(H,19,20). The summed E-state index contributed by atoms with van der Waals surface area (Å²) < 4.78 is 5.83. The summed E-state index contributed by atoms with van der Waals surface area (Å²) >= 11 is 6.16. The Morgan fingerprint density at radius 2 is 2.14 bits per heavy atom. The number of likely N-dealkylation sites (tertiary alicyclic amines) is 1. The fourth-order valence-electron chi connectivity index (χ4n) is 2.67. The van der Waals surface area contributed by atoms with Crippen molar-refractivity contribution < 1.29 is 14.3 Å². The first-order valence-corrected chi connectivity index (χ1v) is 7.30. The fraction of sp³-hybridized carbons (Fsp3) is 0.312. The summed E-state index contributed by atoms with van der Waals surface area (Å²) in [5.74, 6) is 0.595. The van der Waals surface area contributed by atoms with Crippen molar-refractivity contribution in [1.82, 2.24) is 4.90 Å². The van der Waals surface area contributed by atoms with Crippen LogP contribution < -0.4 is 0 Å². The van der Waals surface area contributed by atoms with Crippen molar-refractivity contribution >= 4 is 17.6 Å². The number of carboxylic acid groups (broad SMARTS) is 1. The number of nitrogens with zero attached hydrogens (tertiary/aromatic N) is 1. The molecular weight excluding hydrogens is 290 g/mol. The number of benzene rings is 1. The van der Waals surface area contributed by atoms with Gasteiger partial charge in [0.1, 0.15) is 11.5 Å². The highest BCUT2D eigenvalue weighted by Gasteiger charge is 2.28. The van der Waals surface area contributed by atoms with Gasteiger partial charge < -0.3 is 9.52 Å². The zero-order valence-electron chi connectivity index (χ0n) is 11.5. The Kier molecular flexibility index (Phi) is 3.99. The molecule has 0 aliphatic carbocycles. The van der Waals surface area contributed by atoms with Gasteiger partial charge >= 0.3 is 5.97 Å². The minimum atomic E-state index is -0.714. The fourth-order valence-corrected chi connectivity index (χ4v) is 2.90. The van der Waals surface area contributed by atoms with Crippen LogP contribution in [0.15, 0.2) is 40.8 Å². The second-order valence-corrected chi connectivity index (χ2v) is 5.71. The number of aliphatic carboxylic acids is 1. The zero-order chi connectivity index (χ0) is 14.8. The Labute approximate surface area is 127 Å². The molecule has 21 heavy (non-hydrogen) atoms. The Morgan fingerprint density at radius 1 is 1.33 bits per heavy atom. The van der Waals surface area contributed by atoms with Gasteiger partial charge in [-0.3, -0.25) is 9.69 Å². The highest BCUT2D eigenvalue weighted by atomic mass is 35.5. The van der Waals surface area contributed by atoms with E-state index in [4.69, 9.17) is 21.1 Å². The molecule has 0 bridgehead atoms. The van der Waals surface area contributed by atoms with Gasteiger partial charge in [-0.05, 0) is 37.2 Å². The third-order valence-electron chi connectivity index (χ3n) is 3.80. The molecule has 1 unspecified atom stereocenters. The van der Waals surface area contributed by atoms with Crippen LogP contribution in [-0.2, 0) is 11.3 Å². The number of carboxylic acids is 1. The Balaban J connectivity index is 1.69. The van der Waals surface area contributed by atoms with Crippen LogP contribution >= 0.6 is 11.6 Å². The molecule has 1 N–H and O–H groups in total. The Bertz CT molecular complexity index is 652. The van der Waals surface area contributed by atoms with E-state index in [1.165, 1.54) is 0 Å². The first-order chi connectivity index (χ1) is 10.1. The number of hydrogen-bond donors (Lipinski definition) is 1. The molecule has 0 amide bonds. The third kappa shape index (κ3) is 3.12. The van der Waals surface area contributed by atoms with Crippen LogP contribution in [0.1, 0.15) is 12.2 Å². The van der Waals surface area contributed by atoms with Crippen molar-refractivity contribution in [3.8, 4) is 11.3 Å². The normalized spacial score (nSPS) is 19.0. The van der Waals surface area contributed by atoms with Crippen molar-refractivity contribution in [2.24, 2.45) is 5.92 Å². The van der Waals surface area contributed by atoms with Crippen molar-refractivity contribution in [2.45, 2.75) is 13.0 Å². The van der Waals surface area contributed by atoms with Gasteiger partial charge in [-0.1, -0.05) is 23.7 Å². The highest BCUT2D eigenvalue weighted by molar-refractivity contribution is 6.33. The van der Waals surface area contributed by atoms with Crippen LogP contribution in [0.2, 0.25) is 5.02 Å². The van der Waals surface area contributed by atoms with E-state index in [0.29, 0.717) is 24.5 Å². The molecule has 1 aromatic heterocycles. The third-order valence-corrected chi connectivity index (χ3v) is 4.13. The van der Waals surface area contributed by atoms with Gasteiger partial charge in [-0.15, -0.1) is 0 Å². The van der Waals surface area contributed by atoms with Gasteiger partial charge in [-0.25, -0.2) is 0 Å². The van der Waals surface area contributed by atoms with Crippen LogP contribution in [0.3, 0.4) is 0 Å². The van der Waals surface area contributed by atoms with Crippen molar-refractivity contribution in [1.29, 1.82) is 0 Å². The monoisotopic (exact) mass is 305 g/mol. The maximum absolute atomic E-state index is 11.0. The first kappa shape index (κ1) is 14.2. The molecule has 1 fully saturated rings. The van der Waals surface area contributed by atoms with Gasteiger partial charge in [0, 0.05) is 12.1 Å². The Morgan fingerprint density at radius 3 is 2.86 bits per heavy atom. The lowest BCUT2D eigenvalue weighted by atomic mass is 10.1. The quantitative estimate of drug-likeness (QED) is 0.939. The van der Waals surface area contributed by atoms with Gasteiger partial charge in [0.25, 0.3) is 0 Å². The zero-order valence-corrected chi connectivity index (χ0v) is 12.2. The molecular formula is C16H16ClNO3. The molecule has 5 heteroatoms. The molecule has 0 spiro atoms. The van der Waals surface area contributed by atoms with Crippen molar-refractivity contribution in [2.75, 3.05) is 13.1 Å². The second kappa shape index (κ2) is 5.92. The number of rotatable bonds is 4. The van der Waals surface area contributed by atoms with E-state index >= 15 is 0 Å². The van der Waals surface area contributed by atoms with Crippen LogP contribution in [0, 0.1) is 5.92 Å². The van der Waals surface area contributed by atoms with E-state index in [9.17, 15) is 4.79 Å². The van der Waals surface area contributed by atoms with Crippen LogP contribution in [0.4, 0.5) is 0 Å². The number of hydrogen-bond acceptors (Lipinski definition) is 3. The van der Waals surface area contributed by atoms with Crippen LogP contribution in [-0.4, -0.2) is 29.1 Å². The van der Waals surface area contributed by atoms with Crippen molar-refractivity contribution in [3.05, 3.63) is 47.2 Å². The second-order valence-electron chi connectivity index (χ2n) is 5.30. The molecule has 1 aromatic carbocycles. The first-order valence-electron chi connectivity index (χ1n) is 6.92. The molecule has 0 radical (unpaired) electrons. The lowest BCUT2D eigenvalue weighted by molar-refractivity contribution is -0.141. The molecule has 1 aliphatic rings. The van der Waals surface area contributed by atoms with Gasteiger partial charge in [0.15, 0.2) is 0 Å². The van der Waals surface area contributed by atoms with E-state index in [-0.39, 0.29) is 5.92 Å². The molecule has 1 saturated heterocycles. The van der Waals surface area contributed by atoms with E-state index in [2.05, 4.69) is 4.90 Å². The van der Waals surface area contributed by atoms with Crippen LogP contribution in [0.5, 0.6) is 0 Å². The summed E-state index contributed by atoms with van der Waals surface area (Å²) in [6.45, 7) is 2.00. The maximum atomic E-state index is 11.0.